The van der Waals surface area contributed by atoms with Crippen molar-refractivity contribution in [1.82, 2.24) is 0 Å². The average molecular weight is 324 g/mol. The van der Waals surface area contributed by atoms with Gasteiger partial charge in [-0.15, -0.1) is 0 Å². The predicted octanol–water partition coefficient (Wildman–Crippen LogP) is 5.68. The van der Waals surface area contributed by atoms with Gasteiger partial charge in [0.2, 0.25) is 0 Å². The Morgan fingerprint density at radius 2 is 1.88 bits per heavy atom. The van der Waals surface area contributed by atoms with Crippen LogP contribution in [0, 0.1) is 23.7 Å². The Balaban J connectivity index is 1.74. The molecule has 1 aliphatic rings. The first-order chi connectivity index (χ1) is 11.7. The molecule has 1 aliphatic carbocycles. The third-order valence-electron chi connectivity index (χ3n) is 4.91. The van der Waals surface area contributed by atoms with Crippen LogP contribution in [0.3, 0.4) is 0 Å². The molecule has 0 spiro atoms. The first-order valence-corrected chi connectivity index (χ1v) is 9.20. The highest BCUT2D eigenvalue weighted by molar-refractivity contribution is 5.87. The van der Waals surface area contributed by atoms with E-state index >= 15 is 0 Å². The summed E-state index contributed by atoms with van der Waals surface area (Å²) in [6.45, 7) is 2.27. The molecular weight excluding hydrogens is 296 g/mol. The van der Waals surface area contributed by atoms with Crippen LogP contribution in [0.25, 0.3) is 0 Å². The fourth-order valence-corrected chi connectivity index (χ4v) is 3.36. The largest absolute Gasteiger partial charge is 0.478 e. The lowest BCUT2D eigenvalue weighted by molar-refractivity contribution is 0.0697. The number of benzene rings is 1. The van der Waals surface area contributed by atoms with Gasteiger partial charge in [-0.05, 0) is 67.9 Å². The van der Waals surface area contributed by atoms with Gasteiger partial charge >= 0.3 is 5.97 Å². The van der Waals surface area contributed by atoms with Crippen molar-refractivity contribution in [2.45, 2.75) is 58.3 Å². The summed E-state index contributed by atoms with van der Waals surface area (Å²) in [7, 11) is 0. The third kappa shape index (κ3) is 6.24. The maximum absolute atomic E-state index is 10.8. The number of hydrogen-bond donors (Lipinski definition) is 1. The number of aromatic carboxylic acids is 1. The van der Waals surface area contributed by atoms with Gasteiger partial charge in [0.25, 0.3) is 0 Å². The van der Waals surface area contributed by atoms with Crippen molar-refractivity contribution in [2.75, 3.05) is 0 Å². The van der Waals surface area contributed by atoms with Gasteiger partial charge in [0.1, 0.15) is 0 Å². The van der Waals surface area contributed by atoms with Crippen LogP contribution < -0.4 is 0 Å². The molecule has 0 unspecified atom stereocenters. The molecule has 0 radical (unpaired) electrons. The van der Waals surface area contributed by atoms with Crippen LogP contribution >= 0.6 is 0 Å². The molecular formula is C22H28O2. The highest BCUT2D eigenvalue weighted by Gasteiger charge is 2.18. The predicted molar refractivity (Wildman–Crippen MR) is 99.0 cm³/mol. The second kappa shape index (κ2) is 9.98. The Hall–Kier alpha value is -2.01. The van der Waals surface area contributed by atoms with Crippen molar-refractivity contribution in [3.8, 4) is 11.8 Å². The minimum absolute atomic E-state index is 0.298. The van der Waals surface area contributed by atoms with Gasteiger partial charge in [0, 0.05) is 5.56 Å². The van der Waals surface area contributed by atoms with Crippen molar-refractivity contribution in [1.29, 1.82) is 0 Å². The zero-order chi connectivity index (χ0) is 17.2. The lowest BCUT2D eigenvalue weighted by Crippen LogP contribution is -2.12. The van der Waals surface area contributed by atoms with Crippen molar-refractivity contribution >= 4 is 5.97 Å². The van der Waals surface area contributed by atoms with E-state index in [1.807, 2.05) is 6.08 Å². The van der Waals surface area contributed by atoms with Crippen LogP contribution in [0.1, 0.15) is 74.2 Å². The number of unbranched alkanes of at least 4 members (excludes halogenated alkanes) is 2. The first kappa shape index (κ1) is 18.3. The molecule has 1 N–H and O–H groups in total. The second-order valence-electron chi connectivity index (χ2n) is 6.79. The average Bonchev–Trinajstić information content (AvgIpc) is 2.60. The standard InChI is InChI=1S/C22H28O2/c1-2-3-4-7-18-10-12-19(13-11-18)8-5-6-9-20-14-16-21(17-15-20)22(23)24/h5,8,14-19H,2-4,7,10-13H2,1H3,(H,23,24)/b8-5+/t18-,19-. The summed E-state index contributed by atoms with van der Waals surface area (Å²) in [6, 6.07) is 6.70. The molecule has 128 valence electrons. The summed E-state index contributed by atoms with van der Waals surface area (Å²) >= 11 is 0. The minimum atomic E-state index is -0.903. The van der Waals surface area contributed by atoms with Crippen molar-refractivity contribution < 1.29 is 9.90 Å². The van der Waals surface area contributed by atoms with Gasteiger partial charge in [-0.25, -0.2) is 4.79 Å². The smallest absolute Gasteiger partial charge is 0.335 e. The van der Waals surface area contributed by atoms with E-state index in [4.69, 9.17) is 5.11 Å². The quantitative estimate of drug-likeness (QED) is 0.540. The number of carboxylic acid groups (broad SMARTS) is 1. The van der Waals surface area contributed by atoms with E-state index in [0.717, 1.165) is 11.5 Å². The number of carboxylic acids is 1. The van der Waals surface area contributed by atoms with Crippen LogP contribution in [-0.2, 0) is 0 Å². The molecule has 0 bridgehead atoms. The Morgan fingerprint density at radius 1 is 1.17 bits per heavy atom. The monoisotopic (exact) mass is 324 g/mol. The molecule has 0 aromatic heterocycles. The van der Waals surface area contributed by atoms with E-state index in [1.165, 1.54) is 51.4 Å². The summed E-state index contributed by atoms with van der Waals surface area (Å²) in [5.74, 6) is 6.85. The molecule has 2 nitrogen and oxygen atoms in total. The van der Waals surface area contributed by atoms with Gasteiger partial charge in [0.15, 0.2) is 0 Å². The highest BCUT2D eigenvalue weighted by Crippen LogP contribution is 2.32. The van der Waals surface area contributed by atoms with Crippen LogP contribution in [-0.4, -0.2) is 11.1 Å². The van der Waals surface area contributed by atoms with E-state index in [0.29, 0.717) is 11.5 Å². The number of allylic oxidation sites excluding steroid dienone is 2. The summed E-state index contributed by atoms with van der Waals surface area (Å²) in [5.41, 5.74) is 1.15. The molecule has 0 saturated heterocycles. The maximum Gasteiger partial charge on any atom is 0.335 e. The second-order valence-corrected chi connectivity index (χ2v) is 6.79. The minimum Gasteiger partial charge on any atom is -0.478 e. The van der Waals surface area contributed by atoms with Gasteiger partial charge in [0.05, 0.1) is 5.56 Å². The van der Waals surface area contributed by atoms with Gasteiger partial charge in [-0.2, -0.15) is 0 Å². The molecule has 1 aromatic carbocycles. The summed E-state index contributed by atoms with van der Waals surface area (Å²) in [4.78, 5) is 10.8. The van der Waals surface area contributed by atoms with Gasteiger partial charge < -0.3 is 5.11 Å². The van der Waals surface area contributed by atoms with E-state index in [9.17, 15) is 4.79 Å². The summed E-state index contributed by atoms with van der Waals surface area (Å²) < 4.78 is 0. The summed E-state index contributed by atoms with van der Waals surface area (Å²) in [5, 5.41) is 8.87. The highest BCUT2D eigenvalue weighted by atomic mass is 16.4. The Labute approximate surface area is 146 Å². The normalized spacial score (nSPS) is 20.5. The SMILES string of the molecule is CCCCC[C@H]1CC[C@H](/C=C/C#Cc2ccc(C(=O)O)cc2)CC1. The molecule has 0 aliphatic heterocycles. The van der Waals surface area contributed by atoms with Gasteiger partial charge in [-0.1, -0.05) is 50.5 Å². The topological polar surface area (TPSA) is 37.3 Å². The van der Waals surface area contributed by atoms with E-state index < -0.39 is 5.97 Å². The van der Waals surface area contributed by atoms with E-state index in [2.05, 4.69) is 24.8 Å². The molecule has 0 amide bonds. The Kier molecular flexibility index (Phi) is 7.62. The molecule has 2 heteroatoms. The molecule has 2 rings (SSSR count). The summed E-state index contributed by atoms with van der Waals surface area (Å²) in [6.07, 6.45) is 15.0. The third-order valence-corrected chi connectivity index (χ3v) is 4.91. The lowest BCUT2D eigenvalue weighted by Gasteiger charge is -2.26. The lowest BCUT2D eigenvalue weighted by atomic mass is 9.79. The van der Waals surface area contributed by atoms with Crippen LogP contribution in [0.15, 0.2) is 36.4 Å². The molecule has 1 saturated carbocycles. The Morgan fingerprint density at radius 3 is 2.50 bits per heavy atom. The zero-order valence-electron chi connectivity index (χ0n) is 14.6. The molecule has 1 aromatic rings. The van der Waals surface area contributed by atoms with Gasteiger partial charge in [-0.3, -0.25) is 0 Å². The van der Waals surface area contributed by atoms with Crippen molar-refractivity contribution in [3.05, 3.63) is 47.5 Å². The molecule has 0 heterocycles. The van der Waals surface area contributed by atoms with Crippen LogP contribution in [0.2, 0.25) is 0 Å². The fraction of sp³-hybridized carbons (Fsp3) is 0.500. The van der Waals surface area contributed by atoms with E-state index in [-0.39, 0.29) is 0 Å². The number of rotatable bonds is 6. The Bertz CT molecular complexity index is 593. The number of carbonyl (C=O) groups is 1. The first-order valence-electron chi connectivity index (χ1n) is 9.20. The zero-order valence-corrected chi connectivity index (χ0v) is 14.6. The maximum atomic E-state index is 10.8. The van der Waals surface area contributed by atoms with Crippen LogP contribution in [0.4, 0.5) is 0 Å². The number of hydrogen-bond acceptors (Lipinski definition) is 1. The molecule has 0 atom stereocenters. The van der Waals surface area contributed by atoms with E-state index in [1.54, 1.807) is 24.3 Å². The molecule has 24 heavy (non-hydrogen) atoms. The molecule has 1 fully saturated rings. The van der Waals surface area contributed by atoms with Crippen LogP contribution in [0.5, 0.6) is 0 Å². The van der Waals surface area contributed by atoms with Crippen molar-refractivity contribution in [2.24, 2.45) is 11.8 Å². The fourth-order valence-electron chi connectivity index (χ4n) is 3.36. The van der Waals surface area contributed by atoms with Crippen molar-refractivity contribution in [3.63, 3.8) is 0 Å².